The summed E-state index contributed by atoms with van der Waals surface area (Å²) in [6.45, 7) is 0. The molecule has 0 aliphatic heterocycles. The van der Waals surface area contributed by atoms with Crippen LogP contribution in [0.5, 0.6) is 0 Å². The molecule has 4 atom stereocenters. The van der Waals surface area contributed by atoms with Gasteiger partial charge in [0.15, 0.2) is 0 Å². The standard InChI is InChI=1S/C10H13NO4/c12-8-7-1-6-2-9(13,4-7)5-10(8,3-6)11(14)15/h6-7,13H,1-5H2. The number of aliphatic hydroxyl groups is 1. The Labute approximate surface area is 86.6 Å². The van der Waals surface area contributed by atoms with E-state index in [-0.39, 0.29) is 24.0 Å². The van der Waals surface area contributed by atoms with Crippen molar-refractivity contribution in [3.63, 3.8) is 0 Å². The second-order valence-electron chi connectivity index (χ2n) is 5.47. The zero-order valence-corrected chi connectivity index (χ0v) is 8.31. The van der Waals surface area contributed by atoms with E-state index in [4.69, 9.17) is 0 Å². The third-order valence-corrected chi connectivity index (χ3v) is 4.34. The van der Waals surface area contributed by atoms with Crippen LogP contribution in [0.15, 0.2) is 0 Å². The Morgan fingerprint density at radius 2 is 2.13 bits per heavy atom. The third-order valence-electron chi connectivity index (χ3n) is 4.34. The van der Waals surface area contributed by atoms with Crippen LogP contribution in [-0.2, 0) is 4.79 Å². The van der Waals surface area contributed by atoms with E-state index in [1.54, 1.807) is 0 Å². The van der Waals surface area contributed by atoms with Gasteiger partial charge in [-0.1, -0.05) is 0 Å². The molecule has 0 aromatic heterocycles. The smallest absolute Gasteiger partial charge is 0.282 e. The van der Waals surface area contributed by atoms with Gasteiger partial charge in [-0.2, -0.15) is 0 Å². The Balaban J connectivity index is 2.09. The summed E-state index contributed by atoms with van der Waals surface area (Å²) in [5, 5.41) is 21.3. The molecule has 0 radical (unpaired) electrons. The van der Waals surface area contributed by atoms with E-state index in [9.17, 15) is 20.0 Å². The molecular weight excluding hydrogens is 198 g/mol. The minimum absolute atomic E-state index is 0.0405. The van der Waals surface area contributed by atoms with E-state index in [1.807, 2.05) is 0 Å². The van der Waals surface area contributed by atoms with Gasteiger partial charge in [-0.15, -0.1) is 0 Å². The minimum Gasteiger partial charge on any atom is -0.390 e. The van der Waals surface area contributed by atoms with Gasteiger partial charge in [-0.25, -0.2) is 0 Å². The van der Waals surface area contributed by atoms with Crippen molar-refractivity contribution in [2.24, 2.45) is 11.8 Å². The predicted octanol–water partition coefficient (Wildman–Crippen LogP) is 0.526. The lowest BCUT2D eigenvalue weighted by Gasteiger charge is -2.54. The first-order valence-electron chi connectivity index (χ1n) is 5.36. The number of nitro groups is 1. The summed E-state index contributed by atoms with van der Waals surface area (Å²) in [5.41, 5.74) is -2.38. The number of hydrogen-bond acceptors (Lipinski definition) is 4. The van der Waals surface area contributed by atoms with Crippen LogP contribution in [0.25, 0.3) is 0 Å². The molecule has 0 spiro atoms. The maximum absolute atomic E-state index is 11.9. The number of carbonyl (C=O) groups excluding carboxylic acids is 1. The first kappa shape index (κ1) is 9.27. The molecule has 5 nitrogen and oxygen atoms in total. The summed E-state index contributed by atoms with van der Waals surface area (Å²) in [6, 6.07) is 0. The molecule has 15 heavy (non-hydrogen) atoms. The number of Topliss-reactive ketones (excluding diaryl/α,β-unsaturated/α-hetero) is 1. The van der Waals surface area contributed by atoms with Crippen molar-refractivity contribution in [3.8, 4) is 0 Å². The molecule has 1 N–H and O–H groups in total. The minimum atomic E-state index is -1.45. The largest absolute Gasteiger partial charge is 0.390 e. The van der Waals surface area contributed by atoms with Gasteiger partial charge in [-0.05, 0) is 25.2 Å². The van der Waals surface area contributed by atoms with Crippen molar-refractivity contribution >= 4 is 5.78 Å². The van der Waals surface area contributed by atoms with Crippen LogP contribution in [0.3, 0.4) is 0 Å². The summed E-state index contributed by atoms with van der Waals surface area (Å²) in [4.78, 5) is 22.6. The van der Waals surface area contributed by atoms with Gasteiger partial charge in [0, 0.05) is 17.3 Å². The van der Waals surface area contributed by atoms with Crippen LogP contribution < -0.4 is 0 Å². The molecule has 0 amide bonds. The fraction of sp³-hybridized carbons (Fsp3) is 0.900. The molecule has 4 aliphatic rings. The van der Waals surface area contributed by atoms with Crippen molar-refractivity contribution in [2.75, 3.05) is 0 Å². The van der Waals surface area contributed by atoms with E-state index < -0.39 is 16.1 Å². The highest BCUT2D eigenvalue weighted by Crippen LogP contribution is 2.56. The van der Waals surface area contributed by atoms with Crippen molar-refractivity contribution in [1.29, 1.82) is 0 Å². The highest BCUT2D eigenvalue weighted by atomic mass is 16.6. The lowest BCUT2D eigenvalue weighted by molar-refractivity contribution is -0.569. The second-order valence-corrected chi connectivity index (χ2v) is 5.47. The highest BCUT2D eigenvalue weighted by Gasteiger charge is 2.69. The van der Waals surface area contributed by atoms with Gasteiger partial charge in [0.05, 0.1) is 12.0 Å². The molecule has 0 heterocycles. The Bertz CT molecular complexity index is 368. The first-order chi connectivity index (χ1) is 6.95. The van der Waals surface area contributed by atoms with Crippen LogP contribution in [0.4, 0.5) is 0 Å². The van der Waals surface area contributed by atoms with E-state index in [0.29, 0.717) is 19.3 Å². The second kappa shape index (κ2) is 2.40. The van der Waals surface area contributed by atoms with E-state index in [2.05, 4.69) is 0 Å². The number of ketones is 1. The molecule has 4 unspecified atom stereocenters. The Morgan fingerprint density at radius 1 is 1.40 bits per heavy atom. The predicted molar refractivity (Wildman–Crippen MR) is 49.7 cm³/mol. The number of hydrogen-bond donors (Lipinski definition) is 1. The number of nitrogens with zero attached hydrogens (tertiary/aromatic N) is 1. The molecule has 0 aromatic rings. The lowest BCUT2D eigenvalue weighted by Crippen LogP contribution is -2.67. The normalized spacial score (nSPS) is 52.2. The molecule has 4 bridgehead atoms. The summed E-state index contributed by atoms with van der Waals surface area (Å²) in [7, 11) is 0. The topological polar surface area (TPSA) is 80.4 Å². The quantitative estimate of drug-likeness (QED) is 0.506. The first-order valence-corrected chi connectivity index (χ1v) is 5.36. The average Bonchev–Trinajstić information content (AvgIpc) is 2.10. The molecule has 4 fully saturated rings. The van der Waals surface area contributed by atoms with Gasteiger partial charge < -0.3 is 5.11 Å². The number of carbonyl (C=O) groups is 1. The van der Waals surface area contributed by atoms with Crippen molar-refractivity contribution < 1.29 is 14.8 Å². The SMILES string of the molecule is O=C1C2CC3CC(O)(C2)CC1([N+](=O)[O-])C3. The summed E-state index contributed by atoms with van der Waals surface area (Å²) in [6.07, 6.45) is 2.22. The molecule has 4 saturated carbocycles. The van der Waals surface area contributed by atoms with Gasteiger partial charge in [-0.3, -0.25) is 14.9 Å². The maximum Gasteiger partial charge on any atom is 0.282 e. The van der Waals surface area contributed by atoms with Crippen molar-refractivity contribution in [2.45, 2.75) is 43.2 Å². The zero-order valence-electron chi connectivity index (χ0n) is 8.31. The van der Waals surface area contributed by atoms with Crippen LogP contribution in [0.2, 0.25) is 0 Å². The van der Waals surface area contributed by atoms with Crippen LogP contribution in [0, 0.1) is 22.0 Å². The van der Waals surface area contributed by atoms with E-state index in [1.165, 1.54) is 0 Å². The number of rotatable bonds is 1. The Kier molecular flexibility index (Phi) is 1.48. The third kappa shape index (κ3) is 0.989. The molecule has 5 heteroatoms. The molecule has 0 aromatic carbocycles. The average molecular weight is 211 g/mol. The molecule has 0 saturated heterocycles. The maximum atomic E-state index is 11.9. The van der Waals surface area contributed by atoms with E-state index in [0.717, 1.165) is 6.42 Å². The van der Waals surface area contributed by atoms with Crippen LogP contribution in [0.1, 0.15) is 32.1 Å². The fourth-order valence-corrected chi connectivity index (χ4v) is 4.04. The summed E-state index contributed by atoms with van der Waals surface area (Å²) < 4.78 is 0. The van der Waals surface area contributed by atoms with Crippen LogP contribution >= 0.6 is 0 Å². The molecule has 82 valence electrons. The summed E-state index contributed by atoms with van der Waals surface area (Å²) >= 11 is 0. The van der Waals surface area contributed by atoms with Crippen molar-refractivity contribution in [1.82, 2.24) is 0 Å². The van der Waals surface area contributed by atoms with Gasteiger partial charge in [0.1, 0.15) is 0 Å². The van der Waals surface area contributed by atoms with Crippen LogP contribution in [-0.4, -0.2) is 27.0 Å². The van der Waals surface area contributed by atoms with Gasteiger partial charge in [0.25, 0.3) is 5.54 Å². The van der Waals surface area contributed by atoms with Gasteiger partial charge >= 0.3 is 0 Å². The highest BCUT2D eigenvalue weighted by molar-refractivity contribution is 5.91. The lowest BCUT2D eigenvalue weighted by atomic mass is 9.50. The zero-order chi connectivity index (χ0) is 10.8. The van der Waals surface area contributed by atoms with Crippen molar-refractivity contribution in [3.05, 3.63) is 10.1 Å². The molecule has 4 aliphatic carbocycles. The molecular formula is C10H13NO4. The summed E-state index contributed by atoms with van der Waals surface area (Å²) in [5.74, 6) is -0.319. The molecule has 4 rings (SSSR count). The van der Waals surface area contributed by atoms with E-state index >= 15 is 0 Å². The monoisotopic (exact) mass is 211 g/mol. The van der Waals surface area contributed by atoms with Gasteiger partial charge in [0.2, 0.25) is 5.78 Å². The Morgan fingerprint density at radius 3 is 2.73 bits per heavy atom. The fourth-order valence-electron chi connectivity index (χ4n) is 4.04. The Hall–Kier alpha value is -0.970.